The maximum Gasteiger partial charge on any atom is 0.221 e. The van der Waals surface area contributed by atoms with Gasteiger partial charge in [-0.2, -0.15) is 0 Å². The number of halogens is 1. The lowest BCUT2D eigenvalue weighted by Gasteiger charge is -2.36. The van der Waals surface area contributed by atoms with Crippen molar-refractivity contribution in [2.45, 2.75) is 13.0 Å². The van der Waals surface area contributed by atoms with Crippen LogP contribution in [0.5, 0.6) is 11.5 Å². The molecule has 1 saturated heterocycles. The van der Waals surface area contributed by atoms with E-state index in [0.29, 0.717) is 23.7 Å². The Morgan fingerprint density at radius 1 is 1.13 bits per heavy atom. The topological polar surface area (TPSA) is 74.3 Å². The molecule has 1 amide bonds. The number of amides is 1. The summed E-state index contributed by atoms with van der Waals surface area (Å²) >= 11 is 5.96. The Bertz CT molecular complexity index is 839. The third kappa shape index (κ3) is 6.26. The molecule has 1 heterocycles. The van der Waals surface area contributed by atoms with E-state index in [4.69, 9.17) is 21.1 Å². The first-order chi connectivity index (χ1) is 14.4. The highest BCUT2D eigenvalue weighted by Gasteiger charge is 2.20. The molecule has 0 bridgehead atoms. The molecule has 2 aromatic rings. The largest absolute Gasteiger partial charge is 0.493 e. The summed E-state index contributed by atoms with van der Waals surface area (Å²) in [4.78, 5) is 15.7. The van der Waals surface area contributed by atoms with Crippen LogP contribution in [0.1, 0.15) is 6.92 Å². The van der Waals surface area contributed by atoms with Crippen molar-refractivity contribution in [1.29, 1.82) is 0 Å². The summed E-state index contributed by atoms with van der Waals surface area (Å²) in [6.45, 7) is 5.68. The van der Waals surface area contributed by atoms with Crippen molar-refractivity contribution in [2.75, 3.05) is 56.7 Å². The number of anilines is 2. The first-order valence-corrected chi connectivity index (χ1v) is 10.3. The lowest BCUT2D eigenvalue weighted by molar-refractivity contribution is -0.114. The molecule has 30 heavy (non-hydrogen) atoms. The quantitative estimate of drug-likeness (QED) is 0.666. The fourth-order valence-corrected chi connectivity index (χ4v) is 3.57. The van der Waals surface area contributed by atoms with Crippen LogP contribution in [-0.4, -0.2) is 68.5 Å². The molecular formula is C22H28ClN3O4. The number of nitrogens with zero attached hydrogens (tertiary/aromatic N) is 2. The van der Waals surface area contributed by atoms with Gasteiger partial charge in [-0.15, -0.1) is 0 Å². The SMILES string of the molecule is COc1cc(NC(C)=O)ccc1OCC(O)CN1CCN(c2ccc(Cl)cc2)CC1. The molecule has 8 heteroatoms. The van der Waals surface area contributed by atoms with Gasteiger partial charge in [0.2, 0.25) is 5.91 Å². The number of carbonyl (C=O) groups is 1. The second-order valence-corrected chi connectivity index (χ2v) is 7.71. The van der Waals surface area contributed by atoms with Crippen LogP contribution in [0.3, 0.4) is 0 Å². The molecule has 162 valence electrons. The zero-order valence-electron chi connectivity index (χ0n) is 17.3. The normalized spacial score (nSPS) is 15.5. The number of benzene rings is 2. The van der Waals surface area contributed by atoms with Crippen LogP contribution in [0.2, 0.25) is 5.02 Å². The number of methoxy groups -OCH3 is 1. The molecule has 0 aromatic heterocycles. The van der Waals surface area contributed by atoms with Crippen LogP contribution in [-0.2, 0) is 4.79 Å². The predicted octanol–water partition coefficient (Wildman–Crippen LogP) is 2.87. The van der Waals surface area contributed by atoms with E-state index in [0.717, 1.165) is 36.9 Å². The average molecular weight is 434 g/mol. The molecule has 0 radical (unpaired) electrons. The van der Waals surface area contributed by atoms with E-state index >= 15 is 0 Å². The van der Waals surface area contributed by atoms with Gasteiger partial charge in [-0.3, -0.25) is 9.69 Å². The molecule has 1 aliphatic heterocycles. The molecular weight excluding hydrogens is 406 g/mol. The Morgan fingerprint density at radius 2 is 1.83 bits per heavy atom. The smallest absolute Gasteiger partial charge is 0.221 e. The van der Waals surface area contributed by atoms with Crippen molar-refractivity contribution in [2.24, 2.45) is 0 Å². The summed E-state index contributed by atoms with van der Waals surface area (Å²) in [5, 5.41) is 13.9. The number of hydrogen-bond acceptors (Lipinski definition) is 6. The molecule has 1 unspecified atom stereocenters. The van der Waals surface area contributed by atoms with Gasteiger partial charge in [-0.1, -0.05) is 11.6 Å². The van der Waals surface area contributed by atoms with Crippen LogP contribution in [0, 0.1) is 0 Å². The summed E-state index contributed by atoms with van der Waals surface area (Å²) in [6.07, 6.45) is -0.619. The number of rotatable bonds is 8. The number of nitrogens with one attached hydrogen (secondary N) is 1. The Hall–Kier alpha value is -2.48. The van der Waals surface area contributed by atoms with Gasteiger partial charge in [0.15, 0.2) is 11.5 Å². The summed E-state index contributed by atoms with van der Waals surface area (Å²) in [7, 11) is 1.54. The number of carbonyl (C=O) groups excluding carboxylic acids is 1. The second-order valence-electron chi connectivity index (χ2n) is 7.28. The zero-order chi connectivity index (χ0) is 21.5. The van der Waals surface area contributed by atoms with E-state index in [1.54, 1.807) is 18.2 Å². The third-order valence-corrected chi connectivity index (χ3v) is 5.20. The number of piperazine rings is 1. The van der Waals surface area contributed by atoms with Crippen molar-refractivity contribution in [1.82, 2.24) is 4.90 Å². The lowest BCUT2D eigenvalue weighted by atomic mass is 10.2. The summed E-state index contributed by atoms with van der Waals surface area (Å²) in [5.74, 6) is 0.876. The predicted molar refractivity (Wildman–Crippen MR) is 119 cm³/mol. The van der Waals surface area contributed by atoms with Crippen molar-refractivity contribution >= 4 is 28.9 Å². The molecule has 3 rings (SSSR count). The first-order valence-electron chi connectivity index (χ1n) is 9.94. The number of β-amino-alcohol motifs (C(OH)–C–C–N with tert-alkyl or cyclic N) is 1. The lowest BCUT2D eigenvalue weighted by Crippen LogP contribution is -2.49. The second kappa shape index (κ2) is 10.5. The molecule has 7 nitrogen and oxygen atoms in total. The van der Waals surface area contributed by atoms with E-state index in [9.17, 15) is 9.90 Å². The molecule has 0 spiro atoms. The highest BCUT2D eigenvalue weighted by molar-refractivity contribution is 6.30. The van der Waals surface area contributed by atoms with Gasteiger partial charge in [0, 0.05) is 62.1 Å². The fraction of sp³-hybridized carbons (Fsp3) is 0.409. The van der Waals surface area contributed by atoms with Crippen LogP contribution in [0.4, 0.5) is 11.4 Å². The Labute approximate surface area is 182 Å². The van der Waals surface area contributed by atoms with Crippen LogP contribution < -0.4 is 19.7 Å². The van der Waals surface area contributed by atoms with Crippen molar-refractivity contribution in [3.63, 3.8) is 0 Å². The van der Waals surface area contributed by atoms with Gasteiger partial charge in [0.1, 0.15) is 12.7 Å². The standard InChI is InChI=1S/C22H28ClN3O4/c1-16(27)24-18-5-8-21(22(13-18)29-2)30-15-20(28)14-25-9-11-26(12-10-25)19-6-3-17(23)4-7-19/h3-8,13,20,28H,9-12,14-15H2,1-2H3,(H,24,27). The minimum Gasteiger partial charge on any atom is -0.493 e. The van der Waals surface area contributed by atoms with Gasteiger partial charge in [0.05, 0.1) is 7.11 Å². The van der Waals surface area contributed by atoms with Gasteiger partial charge in [-0.25, -0.2) is 0 Å². The van der Waals surface area contributed by atoms with Crippen LogP contribution in [0.25, 0.3) is 0 Å². The van der Waals surface area contributed by atoms with Gasteiger partial charge in [-0.05, 0) is 36.4 Å². The van der Waals surface area contributed by atoms with Crippen molar-refractivity contribution in [3.05, 3.63) is 47.5 Å². The number of hydrogen-bond donors (Lipinski definition) is 2. The molecule has 1 atom stereocenters. The average Bonchev–Trinajstić information content (AvgIpc) is 2.73. The maximum absolute atomic E-state index is 11.2. The van der Waals surface area contributed by atoms with Gasteiger partial charge < -0.3 is 24.8 Å². The Morgan fingerprint density at radius 3 is 2.47 bits per heavy atom. The minimum atomic E-state index is -0.619. The summed E-state index contributed by atoms with van der Waals surface area (Å²) in [6, 6.07) is 13.0. The number of aliphatic hydroxyl groups excluding tert-OH is 1. The number of aliphatic hydroxyl groups is 1. The zero-order valence-corrected chi connectivity index (χ0v) is 18.1. The monoisotopic (exact) mass is 433 g/mol. The van der Waals surface area contributed by atoms with Crippen LogP contribution >= 0.6 is 11.6 Å². The first kappa shape index (κ1) is 22.2. The van der Waals surface area contributed by atoms with Crippen LogP contribution in [0.15, 0.2) is 42.5 Å². The molecule has 0 saturated carbocycles. The molecule has 1 aliphatic rings. The van der Waals surface area contributed by atoms with Gasteiger partial charge in [0.25, 0.3) is 0 Å². The van der Waals surface area contributed by atoms with Gasteiger partial charge >= 0.3 is 0 Å². The molecule has 2 aromatic carbocycles. The minimum absolute atomic E-state index is 0.155. The van der Waals surface area contributed by atoms with E-state index in [2.05, 4.69) is 15.1 Å². The third-order valence-electron chi connectivity index (χ3n) is 4.95. The summed E-state index contributed by atoms with van der Waals surface area (Å²) in [5.41, 5.74) is 1.79. The molecule has 0 aliphatic carbocycles. The van der Waals surface area contributed by atoms with E-state index in [-0.39, 0.29) is 12.5 Å². The Balaban J connectivity index is 1.45. The van der Waals surface area contributed by atoms with E-state index < -0.39 is 6.10 Å². The summed E-state index contributed by atoms with van der Waals surface area (Å²) < 4.78 is 11.1. The molecule has 1 fully saturated rings. The van der Waals surface area contributed by atoms with Crippen molar-refractivity contribution in [3.8, 4) is 11.5 Å². The van der Waals surface area contributed by atoms with E-state index in [1.807, 2.05) is 24.3 Å². The maximum atomic E-state index is 11.2. The highest BCUT2D eigenvalue weighted by Crippen LogP contribution is 2.30. The van der Waals surface area contributed by atoms with E-state index in [1.165, 1.54) is 14.0 Å². The van der Waals surface area contributed by atoms with Crippen molar-refractivity contribution < 1.29 is 19.4 Å². The number of ether oxygens (including phenoxy) is 2. The Kier molecular flexibility index (Phi) is 7.79. The fourth-order valence-electron chi connectivity index (χ4n) is 3.45. The molecule has 2 N–H and O–H groups in total. The highest BCUT2D eigenvalue weighted by atomic mass is 35.5.